The van der Waals surface area contributed by atoms with E-state index in [4.69, 9.17) is 0 Å². The first kappa shape index (κ1) is 20.4. The van der Waals surface area contributed by atoms with Gasteiger partial charge in [0.25, 0.3) is 0 Å². The standard InChI is InChI=1S/C21H23N3O2S2/c1-13(2)10-19(25)22-15-8-9-17-18(11-15)28-21(24-17)27-12-20(26)23-16-7-5-4-6-14(16)3/h4-9,11,13H,10,12H2,1-3H3,(H,22,25)(H,23,26). The van der Waals surface area contributed by atoms with Gasteiger partial charge in [-0.2, -0.15) is 0 Å². The molecule has 2 N–H and O–H groups in total. The number of aryl methyl sites for hydroxylation is 1. The molecule has 2 amide bonds. The van der Waals surface area contributed by atoms with Gasteiger partial charge in [-0.15, -0.1) is 11.3 Å². The number of para-hydroxylation sites is 1. The highest BCUT2D eigenvalue weighted by Gasteiger charge is 2.11. The van der Waals surface area contributed by atoms with Crippen molar-refractivity contribution < 1.29 is 9.59 Å². The smallest absolute Gasteiger partial charge is 0.234 e. The summed E-state index contributed by atoms with van der Waals surface area (Å²) >= 11 is 2.94. The number of anilines is 2. The van der Waals surface area contributed by atoms with Crippen molar-refractivity contribution in [2.45, 2.75) is 31.5 Å². The van der Waals surface area contributed by atoms with Crippen LogP contribution >= 0.6 is 23.1 Å². The number of aromatic nitrogens is 1. The lowest BCUT2D eigenvalue weighted by molar-refractivity contribution is -0.117. The number of nitrogens with one attached hydrogen (secondary N) is 2. The minimum atomic E-state index is -0.0554. The van der Waals surface area contributed by atoms with E-state index in [0.717, 1.165) is 31.5 Å². The van der Waals surface area contributed by atoms with E-state index in [-0.39, 0.29) is 11.8 Å². The Morgan fingerprint density at radius 2 is 1.89 bits per heavy atom. The lowest BCUT2D eigenvalue weighted by Gasteiger charge is -2.06. The normalized spacial score (nSPS) is 11.0. The molecular weight excluding hydrogens is 390 g/mol. The largest absolute Gasteiger partial charge is 0.326 e. The van der Waals surface area contributed by atoms with E-state index in [2.05, 4.69) is 15.6 Å². The molecule has 0 aliphatic carbocycles. The van der Waals surface area contributed by atoms with Crippen molar-refractivity contribution in [2.75, 3.05) is 16.4 Å². The van der Waals surface area contributed by atoms with E-state index in [0.29, 0.717) is 18.1 Å². The van der Waals surface area contributed by atoms with Crippen LogP contribution < -0.4 is 10.6 Å². The van der Waals surface area contributed by atoms with Crippen LogP contribution in [0.25, 0.3) is 10.2 Å². The molecule has 0 spiro atoms. The molecule has 2 aromatic carbocycles. The van der Waals surface area contributed by atoms with E-state index in [1.165, 1.54) is 23.1 Å². The number of benzene rings is 2. The molecule has 1 heterocycles. The van der Waals surface area contributed by atoms with Crippen LogP contribution in [0, 0.1) is 12.8 Å². The van der Waals surface area contributed by atoms with Crippen LogP contribution in [0.1, 0.15) is 25.8 Å². The molecular formula is C21H23N3O2S2. The molecule has 0 radical (unpaired) electrons. The fraction of sp³-hybridized carbons (Fsp3) is 0.286. The van der Waals surface area contributed by atoms with Crippen LogP contribution in [0.2, 0.25) is 0 Å². The third-order valence-corrected chi connectivity index (χ3v) is 6.15. The molecule has 0 fully saturated rings. The molecule has 0 aliphatic heterocycles. The van der Waals surface area contributed by atoms with E-state index >= 15 is 0 Å². The van der Waals surface area contributed by atoms with Crippen LogP contribution in [0.3, 0.4) is 0 Å². The van der Waals surface area contributed by atoms with Gasteiger partial charge < -0.3 is 10.6 Å². The highest BCUT2D eigenvalue weighted by molar-refractivity contribution is 8.01. The second kappa shape index (κ2) is 9.21. The second-order valence-electron chi connectivity index (χ2n) is 6.96. The summed E-state index contributed by atoms with van der Waals surface area (Å²) in [5, 5.41) is 5.86. The van der Waals surface area contributed by atoms with Gasteiger partial charge in [-0.25, -0.2) is 4.98 Å². The summed E-state index contributed by atoms with van der Waals surface area (Å²) in [5.41, 5.74) is 3.51. The number of thioether (sulfide) groups is 1. The first-order chi connectivity index (χ1) is 13.4. The van der Waals surface area contributed by atoms with Crippen molar-refractivity contribution in [1.82, 2.24) is 4.98 Å². The van der Waals surface area contributed by atoms with E-state index < -0.39 is 0 Å². The number of thiazole rings is 1. The van der Waals surface area contributed by atoms with Crippen LogP contribution in [0.5, 0.6) is 0 Å². The summed E-state index contributed by atoms with van der Waals surface area (Å²) in [7, 11) is 0. The fourth-order valence-electron chi connectivity index (χ4n) is 2.65. The Kier molecular flexibility index (Phi) is 6.70. The summed E-state index contributed by atoms with van der Waals surface area (Å²) in [6.45, 7) is 6.00. The molecule has 146 valence electrons. The zero-order valence-electron chi connectivity index (χ0n) is 16.1. The summed E-state index contributed by atoms with van der Waals surface area (Å²) in [6.07, 6.45) is 0.498. The Morgan fingerprint density at radius 3 is 2.64 bits per heavy atom. The fourth-order valence-corrected chi connectivity index (χ4v) is 4.56. The molecule has 0 saturated heterocycles. The van der Waals surface area contributed by atoms with Gasteiger partial charge in [0.05, 0.1) is 16.0 Å². The number of carbonyl (C=O) groups excluding carboxylic acids is 2. The van der Waals surface area contributed by atoms with Gasteiger partial charge in [0.15, 0.2) is 4.34 Å². The van der Waals surface area contributed by atoms with Gasteiger partial charge >= 0.3 is 0 Å². The molecule has 3 rings (SSSR count). The van der Waals surface area contributed by atoms with Gasteiger partial charge in [-0.05, 0) is 42.7 Å². The number of nitrogens with zero attached hydrogens (tertiary/aromatic N) is 1. The van der Waals surface area contributed by atoms with Crippen molar-refractivity contribution in [3.05, 3.63) is 48.0 Å². The molecule has 0 bridgehead atoms. The average Bonchev–Trinajstić information content (AvgIpc) is 3.03. The van der Waals surface area contributed by atoms with Crippen LogP contribution in [0.15, 0.2) is 46.8 Å². The molecule has 0 saturated carbocycles. The summed E-state index contributed by atoms with van der Waals surface area (Å²) < 4.78 is 1.82. The predicted octanol–water partition coefficient (Wildman–Crippen LogP) is 5.32. The number of hydrogen-bond acceptors (Lipinski definition) is 5. The maximum Gasteiger partial charge on any atom is 0.234 e. The van der Waals surface area contributed by atoms with E-state index in [9.17, 15) is 9.59 Å². The Morgan fingerprint density at radius 1 is 1.11 bits per heavy atom. The van der Waals surface area contributed by atoms with Crippen LogP contribution in [-0.2, 0) is 9.59 Å². The zero-order valence-corrected chi connectivity index (χ0v) is 17.7. The highest BCUT2D eigenvalue weighted by Crippen LogP contribution is 2.31. The number of amides is 2. The Balaban J connectivity index is 1.60. The third kappa shape index (κ3) is 5.56. The molecule has 28 heavy (non-hydrogen) atoms. The van der Waals surface area contributed by atoms with Crippen LogP contribution in [-0.4, -0.2) is 22.6 Å². The van der Waals surface area contributed by atoms with Crippen molar-refractivity contribution in [3.63, 3.8) is 0 Å². The summed E-state index contributed by atoms with van der Waals surface area (Å²) in [4.78, 5) is 28.7. The SMILES string of the molecule is Cc1ccccc1NC(=O)CSc1nc2ccc(NC(=O)CC(C)C)cc2s1. The van der Waals surface area contributed by atoms with Crippen LogP contribution in [0.4, 0.5) is 11.4 Å². The second-order valence-corrected chi connectivity index (χ2v) is 9.21. The number of fused-ring (bicyclic) bond motifs is 1. The highest BCUT2D eigenvalue weighted by atomic mass is 32.2. The molecule has 5 nitrogen and oxygen atoms in total. The van der Waals surface area contributed by atoms with Gasteiger partial charge in [0.1, 0.15) is 0 Å². The molecule has 0 unspecified atom stereocenters. The average molecular weight is 414 g/mol. The first-order valence-electron chi connectivity index (χ1n) is 9.09. The van der Waals surface area contributed by atoms with Crippen molar-refractivity contribution in [2.24, 2.45) is 5.92 Å². The predicted molar refractivity (Wildman–Crippen MR) is 118 cm³/mol. The molecule has 0 atom stereocenters. The minimum absolute atomic E-state index is 0.0151. The Labute approximate surface area is 172 Å². The topological polar surface area (TPSA) is 71.1 Å². The van der Waals surface area contributed by atoms with Gasteiger partial charge in [-0.3, -0.25) is 9.59 Å². The quantitative estimate of drug-likeness (QED) is 0.514. The van der Waals surface area contributed by atoms with Gasteiger partial charge in [-0.1, -0.05) is 43.8 Å². The Bertz CT molecular complexity index is 998. The van der Waals surface area contributed by atoms with Gasteiger partial charge in [0.2, 0.25) is 11.8 Å². The number of rotatable bonds is 7. The molecule has 3 aromatic rings. The zero-order chi connectivity index (χ0) is 20.1. The maximum absolute atomic E-state index is 12.2. The minimum Gasteiger partial charge on any atom is -0.326 e. The van der Waals surface area contributed by atoms with Gasteiger partial charge in [0, 0.05) is 17.8 Å². The van der Waals surface area contributed by atoms with E-state index in [1.807, 2.05) is 63.2 Å². The summed E-state index contributed by atoms with van der Waals surface area (Å²) in [5.74, 6) is 0.578. The monoisotopic (exact) mass is 413 g/mol. The first-order valence-corrected chi connectivity index (χ1v) is 10.9. The van der Waals surface area contributed by atoms with Crippen molar-refractivity contribution in [3.8, 4) is 0 Å². The molecule has 0 aliphatic rings. The van der Waals surface area contributed by atoms with Crippen molar-refractivity contribution >= 4 is 56.5 Å². The Hall–Kier alpha value is -2.38. The molecule has 7 heteroatoms. The lowest BCUT2D eigenvalue weighted by Crippen LogP contribution is -2.14. The third-order valence-electron chi connectivity index (χ3n) is 3.99. The maximum atomic E-state index is 12.2. The summed E-state index contributed by atoms with van der Waals surface area (Å²) in [6, 6.07) is 13.4. The van der Waals surface area contributed by atoms with Crippen molar-refractivity contribution in [1.29, 1.82) is 0 Å². The molecule has 1 aromatic heterocycles. The number of carbonyl (C=O) groups is 2. The van der Waals surface area contributed by atoms with E-state index in [1.54, 1.807) is 0 Å². The number of hydrogen-bond donors (Lipinski definition) is 2. The lowest BCUT2D eigenvalue weighted by atomic mass is 10.1.